The SMILES string of the molecule is CC[Si](CC)(C1=CCC=C1)C1=CCC=C1. The second kappa shape index (κ2) is 4.36. The lowest BCUT2D eigenvalue weighted by Gasteiger charge is -2.31. The number of hydrogen-bond acceptors (Lipinski definition) is 0. The zero-order valence-electron chi connectivity index (χ0n) is 9.79. The Morgan fingerprint density at radius 1 is 0.933 bits per heavy atom. The fourth-order valence-corrected chi connectivity index (χ4v) is 7.22. The van der Waals surface area contributed by atoms with Crippen LogP contribution in [0.2, 0.25) is 12.1 Å². The molecule has 0 atom stereocenters. The van der Waals surface area contributed by atoms with Crippen molar-refractivity contribution in [3.05, 3.63) is 46.8 Å². The van der Waals surface area contributed by atoms with Crippen LogP contribution in [0.5, 0.6) is 0 Å². The predicted molar refractivity (Wildman–Crippen MR) is 70.4 cm³/mol. The average Bonchev–Trinajstić information content (AvgIpc) is 2.92. The van der Waals surface area contributed by atoms with E-state index in [9.17, 15) is 0 Å². The van der Waals surface area contributed by atoms with Crippen molar-refractivity contribution >= 4 is 8.07 Å². The molecule has 0 nitrogen and oxygen atoms in total. The smallest absolute Gasteiger partial charge is 0.0811 e. The van der Waals surface area contributed by atoms with Gasteiger partial charge in [-0.25, -0.2) is 0 Å². The van der Waals surface area contributed by atoms with Crippen molar-refractivity contribution in [1.82, 2.24) is 0 Å². The zero-order chi connectivity index (χ0) is 10.7. The summed E-state index contributed by atoms with van der Waals surface area (Å²) in [5.41, 5.74) is 0. The molecule has 0 N–H and O–H groups in total. The topological polar surface area (TPSA) is 0 Å². The lowest BCUT2D eigenvalue weighted by atomic mass is 10.5. The molecule has 0 heterocycles. The van der Waals surface area contributed by atoms with E-state index in [2.05, 4.69) is 50.3 Å². The summed E-state index contributed by atoms with van der Waals surface area (Å²) in [6.07, 6.45) is 16.6. The lowest BCUT2D eigenvalue weighted by molar-refractivity contribution is 1.26. The van der Waals surface area contributed by atoms with Crippen LogP contribution in [0.1, 0.15) is 26.7 Å². The molecule has 0 aromatic heterocycles. The maximum atomic E-state index is 2.45. The zero-order valence-corrected chi connectivity index (χ0v) is 10.8. The summed E-state index contributed by atoms with van der Waals surface area (Å²) in [5.74, 6) is 0. The summed E-state index contributed by atoms with van der Waals surface area (Å²) < 4.78 is 0. The molecule has 1 heteroatoms. The largest absolute Gasteiger partial charge is 0.116 e. The monoisotopic (exact) mass is 216 g/mol. The van der Waals surface area contributed by atoms with Crippen LogP contribution < -0.4 is 0 Å². The van der Waals surface area contributed by atoms with Gasteiger partial charge in [-0.05, 0) is 12.8 Å². The molecule has 0 unspecified atom stereocenters. The van der Waals surface area contributed by atoms with E-state index in [0.29, 0.717) is 0 Å². The molecule has 80 valence electrons. The van der Waals surface area contributed by atoms with Crippen LogP contribution in [0, 0.1) is 0 Å². The first-order valence-electron chi connectivity index (χ1n) is 6.08. The van der Waals surface area contributed by atoms with Gasteiger partial charge in [-0.3, -0.25) is 0 Å². The van der Waals surface area contributed by atoms with Crippen LogP contribution in [-0.4, -0.2) is 8.07 Å². The molecule has 2 aliphatic rings. The molecule has 15 heavy (non-hydrogen) atoms. The van der Waals surface area contributed by atoms with Crippen molar-refractivity contribution in [1.29, 1.82) is 0 Å². The molecule has 0 bridgehead atoms. The van der Waals surface area contributed by atoms with Gasteiger partial charge in [-0.15, -0.1) is 0 Å². The Labute approximate surface area is 94.1 Å². The van der Waals surface area contributed by atoms with Crippen molar-refractivity contribution in [2.24, 2.45) is 0 Å². The minimum absolute atomic E-state index is 1.15. The van der Waals surface area contributed by atoms with Crippen LogP contribution in [0.25, 0.3) is 0 Å². The van der Waals surface area contributed by atoms with Gasteiger partial charge in [0.2, 0.25) is 0 Å². The molecule has 0 aromatic carbocycles. The van der Waals surface area contributed by atoms with Gasteiger partial charge in [0.05, 0.1) is 0 Å². The Morgan fingerprint density at radius 2 is 1.40 bits per heavy atom. The van der Waals surface area contributed by atoms with Crippen LogP contribution in [0.4, 0.5) is 0 Å². The fraction of sp³-hybridized carbons (Fsp3) is 0.429. The molecular formula is C14H20Si. The van der Waals surface area contributed by atoms with Crippen LogP contribution in [0.3, 0.4) is 0 Å². The van der Waals surface area contributed by atoms with E-state index in [4.69, 9.17) is 0 Å². The summed E-state index contributed by atoms with van der Waals surface area (Å²) in [6, 6.07) is 2.69. The van der Waals surface area contributed by atoms with Crippen molar-refractivity contribution in [3.8, 4) is 0 Å². The third-order valence-electron chi connectivity index (χ3n) is 3.85. The van der Waals surface area contributed by atoms with Gasteiger partial charge in [0.25, 0.3) is 0 Å². The highest BCUT2D eigenvalue weighted by atomic mass is 28.3. The first kappa shape index (κ1) is 10.7. The molecular weight excluding hydrogens is 196 g/mol. The summed E-state index contributed by atoms with van der Waals surface area (Å²) >= 11 is 0. The van der Waals surface area contributed by atoms with Crippen LogP contribution in [-0.2, 0) is 0 Å². The van der Waals surface area contributed by atoms with Gasteiger partial charge < -0.3 is 0 Å². The minimum Gasteiger partial charge on any atom is -0.0811 e. The molecule has 0 saturated carbocycles. The third-order valence-corrected chi connectivity index (χ3v) is 9.22. The Bertz CT molecular complexity index is 320. The van der Waals surface area contributed by atoms with Gasteiger partial charge in [0, 0.05) is 0 Å². The lowest BCUT2D eigenvalue weighted by Crippen LogP contribution is -2.36. The highest BCUT2D eigenvalue weighted by molar-refractivity contribution is 6.93. The van der Waals surface area contributed by atoms with Gasteiger partial charge in [-0.1, -0.05) is 72.8 Å². The highest BCUT2D eigenvalue weighted by Crippen LogP contribution is 2.37. The van der Waals surface area contributed by atoms with Crippen molar-refractivity contribution < 1.29 is 0 Å². The molecule has 0 aliphatic heterocycles. The number of allylic oxidation sites excluding steroid dienone is 8. The minimum atomic E-state index is -1.33. The van der Waals surface area contributed by atoms with Gasteiger partial charge in [0.1, 0.15) is 8.07 Å². The van der Waals surface area contributed by atoms with E-state index in [-0.39, 0.29) is 0 Å². The van der Waals surface area contributed by atoms with E-state index in [1.54, 1.807) is 10.4 Å². The normalized spacial score (nSPS) is 19.6. The molecule has 0 saturated heterocycles. The third kappa shape index (κ3) is 1.69. The quantitative estimate of drug-likeness (QED) is 0.614. The molecule has 0 fully saturated rings. The Kier molecular flexibility index (Phi) is 3.10. The second-order valence-corrected chi connectivity index (χ2v) is 9.12. The van der Waals surface area contributed by atoms with Gasteiger partial charge in [0.15, 0.2) is 0 Å². The van der Waals surface area contributed by atoms with Crippen LogP contribution in [0.15, 0.2) is 46.8 Å². The summed E-state index contributed by atoms with van der Waals surface area (Å²) in [6.45, 7) is 4.74. The summed E-state index contributed by atoms with van der Waals surface area (Å²) in [5, 5.41) is 3.34. The van der Waals surface area contributed by atoms with E-state index >= 15 is 0 Å². The predicted octanol–water partition coefficient (Wildman–Crippen LogP) is 4.33. The first-order valence-corrected chi connectivity index (χ1v) is 8.49. The van der Waals surface area contributed by atoms with Crippen molar-refractivity contribution in [3.63, 3.8) is 0 Å². The van der Waals surface area contributed by atoms with E-state index in [1.807, 2.05) is 0 Å². The Morgan fingerprint density at radius 3 is 1.67 bits per heavy atom. The van der Waals surface area contributed by atoms with E-state index < -0.39 is 8.07 Å². The molecule has 2 aliphatic carbocycles. The maximum Gasteiger partial charge on any atom is 0.116 e. The molecule has 0 amide bonds. The fourth-order valence-electron chi connectivity index (χ4n) is 2.86. The first-order chi connectivity index (χ1) is 7.33. The van der Waals surface area contributed by atoms with Crippen molar-refractivity contribution in [2.75, 3.05) is 0 Å². The average molecular weight is 216 g/mol. The van der Waals surface area contributed by atoms with Crippen LogP contribution >= 0.6 is 0 Å². The van der Waals surface area contributed by atoms with E-state index in [0.717, 1.165) is 12.8 Å². The molecule has 2 rings (SSSR count). The molecule has 0 radical (unpaired) electrons. The standard InChI is InChI=1S/C14H20Si/c1-3-15(4-2,13-9-5-6-10-13)14-11-7-8-12-14/h5,7,9-12H,3-4,6,8H2,1-2H3. The Balaban J connectivity index is 2.38. The summed E-state index contributed by atoms with van der Waals surface area (Å²) in [7, 11) is -1.33. The van der Waals surface area contributed by atoms with Gasteiger partial charge >= 0.3 is 0 Å². The summed E-state index contributed by atoms with van der Waals surface area (Å²) in [4.78, 5) is 0. The highest BCUT2D eigenvalue weighted by Gasteiger charge is 2.36. The van der Waals surface area contributed by atoms with Crippen molar-refractivity contribution in [2.45, 2.75) is 38.8 Å². The van der Waals surface area contributed by atoms with E-state index in [1.165, 1.54) is 12.1 Å². The second-order valence-electron chi connectivity index (χ2n) is 4.38. The number of rotatable bonds is 4. The Hall–Kier alpha value is -0.823. The molecule has 0 spiro atoms. The number of hydrogen-bond donors (Lipinski definition) is 0. The van der Waals surface area contributed by atoms with Gasteiger partial charge in [-0.2, -0.15) is 0 Å². The maximum absolute atomic E-state index is 2.45. The molecule has 0 aromatic rings.